The zero-order chi connectivity index (χ0) is 11.5. The van der Waals surface area contributed by atoms with Crippen LogP contribution in [0.1, 0.15) is 6.92 Å². The third kappa shape index (κ3) is 4.67. The number of nitrogens with zero attached hydrogens (tertiary/aromatic N) is 1. The van der Waals surface area contributed by atoms with Crippen LogP contribution in [0.3, 0.4) is 0 Å². The maximum atomic E-state index is 3.65. The molecule has 0 saturated carbocycles. The second-order valence-electron chi connectivity index (χ2n) is 5.67. The summed E-state index contributed by atoms with van der Waals surface area (Å²) in [5, 5.41) is 3.65. The van der Waals surface area contributed by atoms with Crippen molar-refractivity contribution in [2.75, 3.05) is 7.05 Å². The van der Waals surface area contributed by atoms with Crippen LogP contribution in [0, 0.1) is 0 Å². The summed E-state index contributed by atoms with van der Waals surface area (Å²) in [6, 6.07) is 1.93. The summed E-state index contributed by atoms with van der Waals surface area (Å²) in [5.74, 6) is 0. The van der Waals surface area contributed by atoms with Crippen LogP contribution < -0.4 is 5.32 Å². The van der Waals surface area contributed by atoms with Crippen LogP contribution in [0.25, 0.3) is 0 Å². The Morgan fingerprint density at radius 1 is 1.33 bits per heavy atom. The Morgan fingerprint density at radius 2 is 2.00 bits per heavy atom. The lowest BCUT2D eigenvalue weighted by atomic mass is 10.2. The summed E-state index contributed by atoms with van der Waals surface area (Å²) >= 11 is 0. The van der Waals surface area contributed by atoms with Crippen molar-refractivity contribution in [1.29, 1.82) is 0 Å². The maximum Gasteiger partial charge on any atom is 0.0983 e. The summed E-state index contributed by atoms with van der Waals surface area (Å²) in [5.41, 5.74) is 0. The van der Waals surface area contributed by atoms with Crippen molar-refractivity contribution >= 4 is 8.07 Å². The lowest BCUT2D eigenvalue weighted by Gasteiger charge is -2.32. The molecule has 3 heteroatoms. The third-order valence-corrected chi connectivity index (χ3v) is 4.38. The van der Waals surface area contributed by atoms with Gasteiger partial charge in [0.1, 0.15) is 0 Å². The van der Waals surface area contributed by atoms with Gasteiger partial charge in [-0.15, -0.1) is 0 Å². The van der Waals surface area contributed by atoms with Gasteiger partial charge < -0.3 is 4.90 Å². The summed E-state index contributed by atoms with van der Waals surface area (Å²) < 4.78 is 0. The molecule has 1 aliphatic heterocycles. The molecule has 0 bridgehead atoms. The van der Waals surface area contributed by atoms with E-state index in [1.54, 1.807) is 0 Å². The Balaban J connectivity index is 2.41. The second-order valence-corrected chi connectivity index (χ2v) is 11.2. The Labute approximate surface area is 95.1 Å². The van der Waals surface area contributed by atoms with Crippen LogP contribution in [0.4, 0.5) is 0 Å². The topological polar surface area (TPSA) is 15.3 Å². The van der Waals surface area contributed by atoms with Gasteiger partial charge in [-0.25, -0.2) is 0 Å². The van der Waals surface area contributed by atoms with Gasteiger partial charge >= 0.3 is 0 Å². The molecular formula is C12H24N2Si. The molecule has 1 aliphatic rings. The number of nitrogens with one attached hydrogen (secondary N) is 1. The van der Waals surface area contributed by atoms with E-state index in [2.05, 4.69) is 68.3 Å². The number of likely N-dealkylation sites (N-methyl/N-ethyl adjacent to an activating group) is 1. The van der Waals surface area contributed by atoms with Crippen molar-refractivity contribution in [2.45, 2.75) is 44.8 Å². The number of allylic oxidation sites excluding steroid dienone is 2. The molecule has 2 nitrogen and oxygen atoms in total. The fourth-order valence-electron chi connectivity index (χ4n) is 2.03. The van der Waals surface area contributed by atoms with Gasteiger partial charge in [0.2, 0.25) is 0 Å². The second kappa shape index (κ2) is 4.99. The molecule has 0 aliphatic carbocycles. The minimum Gasteiger partial charge on any atom is -0.362 e. The fraction of sp³-hybridized carbons (Fsp3) is 0.667. The normalized spacial score (nSPS) is 23.3. The smallest absolute Gasteiger partial charge is 0.0983 e. The van der Waals surface area contributed by atoms with Crippen molar-refractivity contribution in [2.24, 2.45) is 0 Å². The fourth-order valence-corrected chi connectivity index (χ4v) is 3.98. The molecule has 0 aromatic rings. The minimum atomic E-state index is -0.950. The Kier molecular flexibility index (Phi) is 4.17. The molecule has 1 N–H and O–H groups in total. The van der Waals surface area contributed by atoms with Gasteiger partial charge in [-0.05, 0) is 25.1 Å². The Morgan fingerprint density at radius 3 is 2.53 bits per heavy atom. The highest BCUT2D eigenvalue weighted by Crippen LogP contribution is 2.13. The van der Waals surface area contributed by atoms with Crippen molar-refractivity contribution in [3.8, 4) is 0 Å². The lowest BCUT2D eigenvalue weighted by Crippen LogP contribution is -2.46. The Hall–Kier alpha value is -0.543. The highest BCUT2D eigenvalue weighted by atomic mass is 28.3. The first kappa shape index (κ1) is 12.5. The van der Waals surface area contributed by atoms with Gasteiger partial charge in [-0.1, -0.05) is 25.7 Å². The van der Waals surface area contributed by atoms with E-state index in [9.17, 15) is 0 Å². The molecule has 0 aromatic heterocycles. The van der Waals surface area contributed by atoms with Gasteiger partial charge in [0.25, 0.3) is 0 Å². The average Bonchev–Trinajstić information content (AvgIpc) is 2.05. The van der Waals surface area contributed by atoms with Crippen LogP contribution in [-0.2, 0) is 0 Å². The van der Waals surface area contributed by atoms with Crippen LogP contribution >= 0.6 is 0 Å². The molecule has 0 amide bonds. The van der Waals surface area contributed by atoms with E-state index in [-0.39, 0.29) is 0 Å². The predicted molar refractivity (Wildman–Crippen MR) is 70.6 cm³/mol. The van der Waals surface area contributed by atoms with Gasteiger partial charge in [0, 0.05) is 27.4 Å². The summed E-state index contributed by atoms with van der Waals surface area (Å²) in [7, 11) is 1.16. The lowest BCUT2D eigenvalue weighted by molar-refractivity contribution is 0.305. The molecule has 2 atom stereocenters. The van der Waals surface area contributed by atoms with E-state index < -0.39 is 8.07 Å². The first-order chi connectivity index (χ1) is 6.88. The molecule has 1 rings (SSSR count). The van der Waals surface area contributed by atoms with E-state index in [4.69, 9.17) is 0 Å². The molecule has 0 radical (unpaired) electrons. The molecule has 0 aromatic carbocycles. The molecule has 1 unspecified atom stereocenters. The summed E-state index contributed by atoms with van der Waals surface area (Å²) in [4.78, 5) is 2.21. The van der Waals surface area contributed by atoms with E-state index in [1.807, 2.05) is 0 Å². The monoisotopic (exact) mass is 224 g/mol. The van der Waals surface area contributed by atoms with Crippen molar-refractivity contribution in [3.63, 3.8) is 0 Å². The van der Waals surface area contributed by atoms with Crippen LogP contribution in [-0.4, -0.2) is 32.2 Å². The standard InChI is InChI=1S/C12H24N2Si/c1-11(10-15(3,4)5)13-12-8-6-7-9-14(12)2/h6-9,11-13H,10H2,1-5H3/t11-,12?/m1/s1. The highest BCUT2D eigenvalue weighted by Gasteiger charge is 2.20. The molecule has 0 fully saturated rings. The Bertz CT molecular complexity index is 253. The van der Waals surface area contributed by atoms with Crippen LogP contribution in [0.2, 0.25) is 25.7 Å². The summed E-state index contributed by atoms with van der Waals surface area (Å²) in [6.07, 6.45) is 8.86. The predicted octanol–water partition coefficient (Wildman–Crippen LogP) is 2.64. The maximum absolute atomic E-state index is 3.65. The van der Waals surface area contributed by atoms with E-state index >= 15 is 0 Å². The van der Waals surface area contributed by atoms with Crippen LogP contribution in [0.15, 0.2) is 24.4 Å². The number of hydrogen-bond acceptors (Lipinski definition) is 2. The van der Waals surface area contributed by atoms with Crippen molar-refractivity contribution in [1.82, 2.24) is 10.2 Å². The zero-order valence-electron chi connectivity index (χ0n) is 10.6. The molecule has 0 spiro atoms. The van der Waals surface area contributed by atoms with Crippen molar-refractivity contribution in [3.05, 3.63) is 24.4 Å². The number of rotatable bonds is 4. The van der Waals surface area contributed by atoms with E-state index in [1.165, 1.54) is 6.04 Å². The van der Waals surface area contributed by atoms with Crippen molar-refractivity contribution < 1.29 is 0 Å². The summed E-state index contributed by atoms with van der Waals surface area (Å²) in [6.45, 7) is 9.56. The zero-order valence-corrected chi connectivity index (χ0v) is 11.6. The molecule has 86 valence electrons. The van der Waals surface area contributed by atoms with Gasteiger partial charge in [0.05, 0.1) is 6.17 Å². The first-order valence-electron chi connectivity index (χ1n) is 5.71. The van der Waals surface area contributed by atoms with Crippen LogP contribution in [0.5, 0.6) is 0 Å². The quantitative estimate of drug-likeness (QED) is 0.739. The SMILES string of the molecule is C[C@H](C[Si](C)(C)C)NC1C=CC=CN1C. The van der Waals surface area contributed by atoms with Gasteiger partial charge in [-0.2, -0.15) is 0 Å². The van der Waals surface area contributed by atoms with Gasteiger partial charge in [-0.3, -0.25) is 5.32 Å². The third-order valence-electron chi connectivity index (χ3n) is 2.54. The average molecular weight is 224 g/mol. The number of hydrogen-bond donors (Lipinski definition) is 1. The first-order valence-corrected chi connectivity index (χ1v) is 9.42. The highest BCUT2D eigenvalue weighted by molar-refractivity contribution is 6.76. The van der Waals surface area contributed by atoms with Gasteiger partial charge in [0.15, 0.2) is 0 Å². The van der Waals surface area contributed by atoms with E-state index in [0.29, 0.717) is 12.2 Å². The van der Waals surface area contributed by atoms with E-state index in [0.717, 1.165) is 0 Å². The largest absolute Gasteiger partial charge is 0.362 e. The molecular weight excluding hydrogens is 200 g/mol. The molecule has 1 heterocycles. The minimum absolute atomic E-state index is 0.362. The molecule has 15 heavy (non-hydrogen) atoms. The molecule has 0 saturated heterocycles.